The van der Waals surface area contributed by atoms with Crippen molar-refractivity contribution in [1.82, 2.24) is 20.3 Å². The minimum absolute atomic E-state index is 0.422. The predicted molar refractivity (Wildman–Crippen MR) is 76.8 cm³/mol. The van der Waals surface area contributed by atoms with Crippen LogP contribution >= 0.6 is 11.6 Å². The molecule has 2 aromatic heterocycles. The van der Waals surface area contributed by atoms with Crippen LogP contribution in [0.2, 0.25) is 5.15 Å². The Morgan fingerprint density at radius 2 is 2.15 bits per heavy atom. The summed E-state index contributed by atoms with van der Waals surface area (Å²) >= 11 is 6.12. The fourth-order valence-corrected chi connectivity index (χ4v) is 2.46. The first-order valence-electron chi connectivity index (χ1n) is 6.60. The monoisotopic (exact) mass is 290 g/mol. The molecule has 0 bridgehead atoms. The maximum absolute atomic E-state index is 6.12. The summed E-state index contributed by atoms with van der Waals surface area (Å²) in [4.78, 5) is 12.2. The van der Waals surface area contributed by atoms with Crippen molar-refractivity contribution in [2.75, 3.05) is 13.2 Å². The molecule has 5 nitrogen and oxygen atoms in total. The van der Waals surface area contributed by atoms with Crippen LogP contribution in [-0.2, 0) is 0 Å². The summed E-state index contributed by atoms with van der Waals surface area (Å²) < 4.78 is 5.78. The van der Waals surface area contributed by atoms with Gasteiger partial charge in [0.05, 0.1) is 6.20 Å². The van der Waals surface area contributed by atoms with Crippen molar-refractivity contribution in [1.29, 1.82) is 0 Å². The molecule has 0 amide bonds. The van der Waals surface area contributed by atoms with Gasteiger partial charge < -0.3 is 10.1 Å². The Labute approximate surface area is 122 Å². The van der Waals surface area contributed by atoms with Gasteiger partial charge >= 0.3 is 0 Å². The fraction of sp³-hybridized carbons (Fsp3) is 0.357. The van der Waals surface area contributed by atoms with Crippen LogP contribution in [0.4, 0.5) is 0 Å². The number of halogens is 1. The molecule has 3 heterocycles. The van der Waals surface area contributed by atoms with Gasteiger partial charge in [0.25, 0.3) is 0 Å². The van der Waals surface area contributed by atoms with Crippen molar-refractivity contribution >= 4 is 11.6 Å². The van der Waals surface area contributed by atoms with E-state index in [0.717, 1.165) is 24.1 Å². The van der Waals surface area contributed by atoms with Gasteiger partial charge in [-0.1, -0.05) is 11.6 Å². The van der Waals surface area contributed by atoms with E-state index in [0.29, 0.717) is 23.6 Å². The van der Waals surface area contributed by atoms with Crippen LogP contribution in [0.25, 0.3) is 11.1 Å². The van der Waals surface area contributed by atoms with E-state index in [1.165, 1.54) is 12.7 Å². The number of hydrogen-bond donors (Lipinski definition) is 1. The number of nitrogens with zero attached hydrogens (tertiary/aromatic N) is 3. The molecule has 3 rings (SSSR count). The quantitative estimate of drug-likeness (QED) is 0.876. The van der Waals surface area contributed by atoms with E-state index < -0.39 is 0 Å². The fourth-order valence-electron chi connectivity index (χ4n) is 2.24. The van der Waals surface area contributed by atoms with Crippen molar-refractivity contribution in [3.8, 4) is 16.9 Å². The molecule has 20 heavy (non-hydrogen) atoms. The summed E-state index contributed by atoms with van der Waals surface area (Å²) in [7, 11) is 0. The van der Waals surface area contributed by atoms with Crippen LogP contribution in [-0.4, -0.2) is 34.1 Å². The highest BCUT2D eigenvalue weighted by molar-refractivity contribution is 6.32. The average Bonchev–Trinajstić information content (AvgIpc) is 3.01. The summed E-state index contributed by atoms with van der Waals surface area (Å²) in [5, 5.41) is 3.82. The molecule has 1 unspecified atom stereocenters. The molecule has 0 radical (unpaired) electrons. The number of ether oxygens (including phenoxy) is 1. The molecule has 1 saturated heterocycles. The predicted octanol–water partition coefficient (Wildman–Crippen LogP) is 2.32. The molecule has 1 aliphatic rings. The van der Waals surface area contributed by atoms with E-state index in [1.54, 1.807) is 18.6 Å². The number of pyridine rings is 1. The number of nitrogens with one attached hydrogen (secondary N) is 1. The molecule has 1 N–H and O–H groups in total. The van der Waals surface area contributed by atoms with Gasteiger partial charge in [-0.15, -0.1) is 0 Å². The van der Waals surface area contributed by atoms with E-state index in [2.05, 4.69) is 20.3 Å². The topological polar surface area (TPSA) is 59.9 Å². The van der Waals surface area contributed by atoms with Gasteiger partial charge in [0, 0.05) is 29.6 Å². The van der Waals surface area contributed by atoms with Crippen LogP contribution in [0.1, 0.15) is 12.8 Å². The second-order valence-electron chi connectivity index (χ2n) is 4.74. The van der Waals surface area contributed by atoms with E-state index in [9.17, 15) is 0 Å². The van der Waals surface area contributed by atoms with Crippen molar-refractivity contribution in [2.24, 2.45) is 0 Å². The van der Waals surface area contributed by atoms with Crippen molar-refractivity contribution in [2.45, 2.75) is 18.9 Å². The number of aromatic nitrogens is 3. The molecule has 1 aliphatic heterocycles. The maximum atomic E-state index is 6.12. The van der Waals surface area contributed by atoms with E-state index in [-0.39, 0.29) is 0 Å². The maximum Gasteiger partial charge on any atom is 0.138 e. The third kappa shape index (κ3) is 3.05. The van der Waals surface area contributed by atoms with Gasteiger partial charge in [0.1, 0.15) is 23.8 Å². The first-order valence-corrected chi connectivity index (χ1v) is 6.98. The smallest absolute Gasteiger partial charge is 0.138 e. The van der Waals surface area contributed by atoms with Gasteiger partial charge in [-0.3, -0.25) is 0 Å². The highest BCUT2D eigenvalue weighted by atomic mass is 35.5. The summed E-state index contributed by atoms with van der Waals surface area (Å²) in [6.45, 7) is 1.72. The summed E-state index contributed by atoms with van der Waals surface area (Å²) in [5.74, 6) is 0.710. The molecule has 1 atom stereocenters. The van der Waals surface area contributed by atoms with E-state index in [4.69, 9.17) is 16.3 Å². The Kier molecular flexibility index (Phi) is 4.08. The van der Waals surface area contributed by atoms with Gasteiger partial charge in [0.2, 0.25) is 0 Å². The zero-order valence-electron chi connectivity index (χ0n) is 10.9. The lowest BCUT2D eigenvalue weighted by molar-refractivity contribution is 0.276. The van der Waals surface area contributed by atoms with Crippen LogP contribution < -0.4 is 10.1 Å². The standard InChI is InChI=1S/C14H15ClN4O/c15-14-13(10-5-16-9-17-6-10)4-12(7-19-14)20-8-11-2-1-3-18-11/h4-7,9,11,18H,1-3,8H2. The highest BCUT2D eigenvalue weighted by Crippen LogP contribution is 2.28. The summed E-state index contributed by atoms with van der Waals surface area (Å²) in [6, 6.07) is 2.30. The zero-order valence-corrected chi connectivity index (χ0v) is 11.7. The second-order valence-corrected chi connectivity index (χ2v) is 5.10. The minimum atomic E-state index is 0.422. The normalized spacial score (nSPS) is 18.1. The number of rotatable bonds is 4. The van der Waals surface area contributed by atoms with Crippen LogP contribution in [0.3, 0.4) is 0 Å². The van der Waals surface area contributed by atoms with E-state index >= 15 is 0 Å². The van der Waals surface area contributed by atoms with Gasteiger partial charge in [-0.05, 0) is 25.5 Å². The molecule has 0 spiro atoms. The molecular weight excluding hydrogens is 276 g/mol. The Morgan fingerprint density at radius 3 is 2.90 bits per heavy atom. The molecule has 6 heteroatoms. The Morgan fingerprint density at radius 1 is 1.30 bits per heavy atom. The van der Waals surface area contributed by atoms with Crippen molar-refractivity contribution < 1.29 is 4.74 Å². The van der Waals surface area contributed by atoms with Gasteiger partial charge in [-0.25, -0.2) is 15.0 Å². The largest absolute Gasteiger partial charge is 0.490 e. The van der Waals surface area contributed by atoms with Crippen LogP contribution in [0.5, 0.6) is 5.75 Å². The molecular formula is C14H15ClN4O. The average molecular weight is 291 g/mol. The molecule has 0 saturated carbocycles. The lowest BCUT2D eigenvalue weighted by Gasteiger charge is -2.13. The second kappa shape index (κ2) is 6.15. The Hall–Kier alpha value is -1.72. The van der Waals surface area contributed by atoms with Crippen LogP contribution in [0, 0.1) is 0 Å². The lowest BCUT2D eigenvalue weighted by Crippen LogP contribution is -2.28. The first kappa shape index (κ1) is 13.3. The Bertz CT molecular complexity index is 573. The SMILES string of the molecule is Clc1ncc(OCC2CCCN2)cc1-c1cncnc1. The number of hydrogen-bond acceptors (Lipinski definition) is 5. The first-order chi connectivity index (χ1) is 9.83. The molecule has 0 aromatic carbocycles. The lowest BCUT2D eigenvalue weighted by atomic mass is 10.1. The highest BCUT2D eigenvalue weighted by Gasteiger charge is 2.15. The molecule has 0 aliphatic carbocycles. The van der Waals surface area contributed by atoms with Crippen molar-refractivity contribution in [3.05, 3.63) is 36.1 Å². The molecule has 104 valence electrons. The van der Waals surface area contributed by atoms with E-state index in [1.807, 2.05) is 6.07 Å². The summed E-state index contributed by atoms with van der Waals surface area (Å²) in [6.07, 6.45) is 8.90. The van der Waals surface area contributed by atoms with Gasteiger partial charge in [-0.2, -0.15) is 0 Å². The molecule has 1 fully saturated rings. The third-order valence-electron chi connectivity index (χ3n) is 3.30. The minimum Gasteiger partial charge on any atom is -0.490 e. The van der Waals surface area contributed by atoms with Crippen LogP contribution in [0.15, 0.2) is 31.0 Å². The summed E-state index contributed by atoms with van der Waals surface area (Å²) in [5.41, 5.74) is 1.61. The zero-order chi connectivity index (χ0) is 13.8. The van der Waals surface area contributed by atoms with Crippen molar-refractivity contribution in [3.63, 3.8) is 0 Å². The van der Waals surface area contributed by atoms with Gasteiger partial charge in [0.15, 0.2) is 0 Å². The Balaban J connectivity index is 1.76. The molecule has 2 aromatic rings. The third-order valence-corrected chi connectivity index (χ3v) is 3.60.